The fourth-order valence-corrected chi connectivity index (χ4v) is 1.35. The fourth-order valence-electron chi connectivity index (χ4n) is 1.35. The molecule has 2 rings (SSSR count). The number of hydrogen-bond donors (Lipinski definition) is 1. The van der Waals surface area contributed by atoms with Gasteiger partial charge in [-0.3, -0.25) is 9.78 Å². The lowest BCUT2D eigenvalue weighted by molar-refractivity contribution is 0.0995. The Bertz CT molecular complexity index is 535. The molecule has 17 heavy (non-hydrogen) atoms. The molecule has 0 saturated heterocycles. The Labute approximate surface area is 99.1 Å². The molecule has 1 aromatic heterocycles. The van der Waals surface area contributed by atoms with Crippen LogP contribution >= 0.6 is 0 Å². The Morgan fingerprint density at radius 2 is 1.88 bits per heavy atom. The van der Waals surface area contributed by atoms with Crippen LogP contribution in [0.15, 0.2) is 42.6 Å². The summed E-state index contributed by atoms with van der Waals surface area (Å²) in [5.74, 6) is 0.675. The van der Waals surface area contributed by atoms with Gasteiger partial charge in [-0.25, -0.2) is 0 Å². The van der Waals surface area contributed by atoms with Gasteiger partial charge in [0, 0.05) is 12.3 Å². The minimum absolute atomic E-state index is 0.189. The van der Waals surface area contributed by atoms with Crippen LogP contribution in [0.3, 0.4) is 0 Å². The van der Waals surface area contributed by atoms with Gasteiger partial charge >= 0.3 is 0 Å². The zero-order valence-electron chi connectivity index (χ0n) is 9.38. The van der Waals surface area contributed by atoms with Gasteiger partial charge in [0.25, 0.3) is 5.91 Å². The summed E-state index contributed by atoms with van der Waals surface area (Å²) in [5.41, 5.74) is 6.49. The lowest BCUT2D eigenvalue weighted by Crippen LogP contribution is -2.12. The average Bonchev–Trinajstić information content (AvgIpc) is 2.32. The van der Waals surface area contributed by atoms with Gasteiger partial charge in [-0.2, -0.15) is 0 Å². The maximum Gasteiger partial charge on any atom is 0.267 e. The van der Waals surface area contributed by atoms with Crippen molar-refractivity contribution in [1.82, 2.24) is 4.98 Å². The summed E-state index contributed by atoms with van der Waals surface area (Å²) in [5, 5.41) is 0. The Balaban J connectivity index is 2.21. The van der Waals surface area contributed by atoms with Crippen LogP contribution in [-0.2, 0) is 0 Å². The van der Waals surface area contributed by atoms with E-state index in [1.165, 1.54) is 12.3 Å². The van der Waals surface area contributed by atoms with Crippen molar-refractivity contribution in [1.29, 1.82) is 0 Å². The SMILES string of the molecule is Cc1ccc(Oc2ccnc(C(N)=O)c2)cc1. The van der Waals surface area contributed by atoms with E-state index in [4.69, 9.17) is 10.5 Å². The highest BCUT2D eigenvalue weighted by Crippen LogP contribution is 2.21. The first kappa shape index (κ1) is 11.1. The molecule has 0 radical (unpaired) electrons. The molecule has 1 aromatic carbocycles. The number of benzene rings is 1. The quantitative estimate of drug-likeness (QED) is 0.876. The summed E-state index contributed by atoms with van der Waals surface area (Å²) >= 11 is 0. The van der Waals surface area contributed by atoms with Gasteiger partial charge in [0.1, 0.15) is 17.2 Å². The normalized spacial score (nSPS) is 9.94. The number of carbonyl (C=O) groups is 1. The standard InChI is InChI=1S/C13H12N2O2/c1-9-2-4-10(5-3-9)17-11-6-7-15-12(8-11)13(14)16/h2-8H,1H3,(H2,14,16). The summed E-state index contributed by atoms with van der Waals surface area (Å²) < 4.78 is 5.58. The predicted octanol–water partition coefficient (Wildman–Crippen LogP) is 2.28. The van der Waals surface area contributed by atoms with Crippen LogP contribution in [0.4, 0.5) is 0 Å². The molecule has 0 aliphatic rings. The average molecular weight is 228 g/mol. The second-order valence-electron chi connectivity index (χ2n) is 3.66. The van der Waals surface area contributed by atoms with E-state index in [0.717, 1.165) is 5.56 Å². The molecule has 2 N–H and O–H groups in total. The van der Waals surface area contributed by atoms with Crippen molar-refractivity contribution in [2.45, 2.75) is 6.92 Å². The minimum atomic E-state index is -0.570. The molecule has 4 nitrogen and oxygen atoms in total. The van der Waals surface area contributed by atoms with Crippen molar-refractivity contribution in [2.75, 3.05) is 0 Å². The van der Waals surface area contributed by atoms with Crippen LogP contribution in [0.5, 0.6) is 11.5 Å². The van der Waals surface area contributed by atoms with E-state index >= 15 is 0 Å². The molecule has 1 heterocycles. The maximum atomic E-state index is 11.0. The second-order valence-corrected chi connectivity index (χ2v) is 3.66. The zero-order valence-corrected chi connectivity index (χ0v) is 9.38. The minimum Gasteiger partial charge on any atom is -0.457 e. The smallest absolute Gasteiger partial charge is 0.267 e. The predicted molar refractivity (Wildman–Crippen MR) is 64.0 cm³/mol. The van der Waals surface area contributed by atoms with Crippen LogP contribution in [0, 0.1) is 6.92 Å². The van der Waals surface area contributed by atoms with Crippen molar-refractivity contribution in [3.63, 3.8) is 0 Å². The molecule has 2 aromatic rings. The van der Waals surface area contributed by atoms with E-state index < -0.39 is 5.91 Å². The van der Waals surface area contributed by atoms with Gasteiger partial charge in [-0.05, 0) is 25.1 Å². The van der Waals surface area contributed by atoms with E-state index in [1.54, 1.807) is 6.07 Å². The summed E-state index contributed by atoms with van der Waals surface area (Å²) in [6.07, 6.45) is 1.49. The van der Waals surface area contributed by atoms with Gasteiger partial charge in [-0.15, -0.1) is 0 Å². The molecule has 1 amide bonds. The van der Waals surface area contributed by atoms with E-state index in [9.17, 15) is 4.79 Å². The number of pyridine rings is 1. The van der Waals surface area contributed by atoms with Crippen molar-refractivity contribution in [3.8, 4) is 11.5 Å². The molecule has 86 valence electrons. The van der Waals surface area contributed by atoms with Gasteiger partial charge in [0.2, 0.25) is 0 Å². The topological polar surface area (TPSA) is 65.2 Å². The van der Waals surface area contributed by atoms with Gasteiger partial charge < -0.3 is 10.5 Å². The highest BCUT2D eigenvalue weighted by atomic mass is 16.5. The Morgan fingerprint density at radius 3 is 2.53 bits per heavy atom. The Kier molecular flexibility index (Phi) is 3.05. The van der Waals surface area contributed by atoms with Gasteiger partial charge in [0.05, 0.1) is 0 Å². The lowest BCUT2D eigenvalue weighted by atomic mass is 10.2. The molecule has 0 spiro atoms. The summed E-state index contributed by atoms with van der Waals surface area (Å²) in [7, 11) is 0. The molecule has 0 unspecified atom stereocenters. The largest absolute Gasteiger partial charge is 0.457 e. The Hall–Kier alpha value is -2.36. The molecule has 0 saturated carbocycles. The zero-order chi connectivity index (χ0) is 12.3. The molecular formula is C13H12N2O2. The number of amides is 1. The number of nitrogens with zero attached hydrogens (tertiary/aromatic N) is 1. The number of aromatic nitrogens is 1. The second kappa shape index (κ2) is 4.65. The van der Waals surface area contributed by atoms with Crippen molar-refractivity contribution < 1.29 is 9.53 Å². The van der Waals surface area contributed by atoms with Crippen LogP contribution in [0.2, 0.25) is 0 Å². The highest BCUT2D eigenvalue weighted by molar-refractivity contribution is 5.91. The number of primary amides is 1. The van der Waals surface area contributed by atoms with Crippen LogP contribution in [-0.4, -0.2) is 10.9 Å². The van der Waals surface area contributed by atoms with Crippen molar-refractivity contribution in [2.24, 2.45) is 5.73 Å². The summed E-state index contributed by atoms with van der Waals surface area (Å²) in [6.45, 7) is 2.00. The number of aryl methyl sites for hydroxylation is 1. The highest BCUT2D eigenvalue weighted by Gasteiger charge is 2.04. The molecule has 0 aliphatic carbocycles. The third-order valence-electron chi connectivity index (χ3n) is 2.24. The van der Waals surface area contributed by atoms with E-state index in [-0.39, 0.29) is 5.69 Å². The lowest BCUT2D eigenvalue weighted by Gasteiger charge is -2.06. The number of carbonyl (C=O) groups excluding carboxylic acids is 1. The van der Waals surface area contributed by atoms with Crippen molar-refractivity contribution in [3.05, 3.63) is 53.9 Å². The van der Waals surface area contributed by atoms with E-state index in [0.29, 0.717) is 11.5 Å². The molecule has 0 atom stereocenters. The molecule has 0 bridgehead atoms. The first-order valence-electron chi connectivity index (χ1n) is 5.15. The summed E-state index contributed by atoms with van der Waals surface area (Å²) in [6, 6.07) is 10.8. The molecule has 0 fully saturated rings. The molecular weight excluding hydrogens is 216 g/mol. The number of nitrogens with two attached hydrogens (primary N) is 1. The maximum absolute atomic E-state index is 11.0. The Morgan fingerprint density at radius 1 is 1.18 bits per heavy atom. The monoisotopic (exact) mass is 228 g/mol. The number of rotatable bonds is 3. The first-order chi connectivity index (χ1) is 8.15. The van der Waals surface area contributed by atoms with E-state index in [1.807, 2.05) is 31.2 Å². The van der Waals surface area contributed by atoms with Crippen molar-refractivity contribution >= 4 is 5.91 Å². The fraction of sp³-hybridized carbons (Fsp3) is 0.0769. The third kappa shape index (κ3) is 2.81. The number of hydrogen-bond acceptors (Lipinski definition) is 3. The third-order valence-corrected chi connectivity index (χ3v) is 2.24. The first-order valence-corrected chi connectivity index (χ1v) is 5.15. The van der Waals surface area contributed by atoms with Crippen LogP contribution in [0.1, 0.15) is 16.1 Å². The molecule has 0 aliphatic heterocycles. The number of ether oxygens (including phenoxy) is 1. The van der Waals surface area contributed by atoms with Crippen LogP contribution in [0.25, 0.3) is 0 Å². The van der Waals surface area contributed by atoms with Gasteiger partial charge in [-0.1, -0.05) is 17.7 Å². The van der Waals surface area contributed by atoms with E-state index in [2.05, 4.69) is 4.98 Å². The van der Waals surface area contributed by atoms with Gasteiger partial charge in [0.15, 0.2) is 0 Å². The van der Waals surface area contributed by atoms with Crippen LogP contribution < -0.4 is 10.5 Å². The molecule has 4 heteroatoms. The summed E-state index contributed by atoms with van der Waals surface area (Å²) in [4.78, 5) is 14.8.